The van der Waals surface area contributed by atoms with Crippen LogP contribution in [0.2, 0.25) is 0 Å². The maximum Gasteiger partial charge on any atom is 0.244 e. The van der Waals surface area contributed by atoms with Gasteiger partial charge in [-0.1, -0.05) is 0 Å². The number of hydrogen-bond acceptors (Lipinski definition) is 4. The second-order valence-corrected chi connectivity index (χ2v) is 4.24. The summed E-state index contributed by atoms with van der Waals surface area (Å²) in [4.78, 5) is 24.4. The van der Waals surface area contributed by atoms with E-state index in [9.17, 15) is 9.59 Å². The van der Waals surface area contributed by atoms with Crippen molar-refractivity contribution < 1.29 is 9.59 Å². The van der Waals surface area contributed by atoms with Gasteiger partial charge in [0.15, 0.2) is 0 Å². The second kappa shape index (κ2) is 10.2. The molecule has 0 fully saturated rings. The summed E-state index contributed by atoms with van der Waals surface area (Å²) in [5.41, 5.74) is 0. The van der Waals surface area contributed by atoms with Crippen molar-refractivity contribution in [3.05, 3.63) is 12.2 Å². The highest BCUT2D eigenvalue weighted by Gasteiger charge is 1.97. The average molecular weight is 259 g/mol. The molecule has 0 aromatic carbocycles. The molecule has 2 amide bonds. The van der Waals surface area contributed by atoms with Gasteiger partial charge in [-0.15, -0.1) is 0 Å². The molecule has 6 heteroatoms. The van der Waals surface area contributed by atoms with Gasteiger partial charge < -0.3 is 15.5 Å². The summed E-state index contributed by atoms with van der Waals surface area (Å²) in [6, 6.07) is 0. The van der Waals surface area contributed by atoms with Crippen LogP contribution in [0.4, 0.5) is 0 Å². The summed E-state index contributed by atoms with van der Waals surface area (Å²) in [5.74, 6) is 0.0586. The predicted molar refractivity (Wildman–Crippen MR) is 72.2 cm³/mol. The molecule has 5 nitrogen and oxygen atoms in total. The predicted octanol–water partition coefficient (Wildman–Crippen LogP) is -0.343. The Kier molecular flexibility index (Phi) is 9.56. The van der Waals surface area contributed by atoms with Crippen LogP contribution in [0.15, 0.2) is 12.2 Å². The Bertz CT molecular complexity index is 267. The molecule has 0 aromatic heterocycles. The molecule has 0 saturated heterocycles. The van der Waals surface area contributed by atoms with Crippen molar-refractivity contribution in [1.29, 1.82) is 0 Å². The third kappa shape index (κ3) is 11.3. The van der Waals surface area contributed by atoms with Crippen LogP contribution in [0.3, 0.4) is 0 Å². The van der Waals surface area contributed by atoms with Crippen LogP contribution in [0.1, 0.15) is 6.42 Å². The molecule has 0 radical (unpaired) electrons. The van der Waals surface area contributed by atoms with Crippen molar-refractivity contribution in [3.8, 4) is 0 Å². The molecule has 0 aliphatic heterocycles. The number of carbonyl (C=O) groups excluding carboxylic acids is 2. The number of amides is 2. The Morgan fingerprint density at radius 2 is 1.65 bits per heavy atom. The van der Waals surface area contributed by atoms with Gasteiger partial charge in [0.05, 0.1) is 0 Å². The van der Waals surface area contributed by atoms with Gasteiger partial charge in [-0.25, -0.2) is 0 Å². The van der Waals surface area contributed by atoms with E-state index in [1.165, 1.54) is 12.2 Å². The van der Waals surface area contributed by atoms with E-state index in [1.807, 2.05) is 19.0 Å². The first kappa shape index (κ1) is 16.0. The number of thiol groups is 1. The number of nitrogens with one attached hydrogen (secondary N) is 2. The van der Waals surface area contributed by atoms with Gasteiger partial charge in [-0.05, 0) is 27.1 Å². The number of rotatable bonds is 8. The van der Waals surface area contributed by atoms with E-state index in [2.05, 4.69) is 23.3 Å². The summed E-state index contributed by atoms with van der Waals surface area (Å²) >= 11 is 3.96. The summed E-state index contributed by atoms with van der Waals surface area (Å²) in [6.45, 7) is 2.03. The molecule has 0 aliphatic rings. The Hall–Kier alpha value is -1.01. The Balaban J connectivity index is 3.63. The van der Waals surface area contributed by atoms with Gasteiger partial charge in [0.25, 0.3) is 0 Å². The lowest BCUT2D eigenvalue weighted by Crippen LogP contribution is -2.27. The fourth-order valence-electron chi connectivity index (χ4n) is 1.06. The number of carbonyl (C=O) groups is 2. The maximum absolute atomic E-state index is 11.3. The highest BCUT2D eigenvalue weighted by molar-refractivity contribution is 7.80. The van der Waals surface area contributed by atoms with Crippen molar-refractivity contribution in [3.63, 3.8) is 0 Å². The zero-order valence-corrected chi connectivity index (χ0v) is 11.3. The maximum atomic E-state index is 11.3. The van der Waals surface area contributed by atoms with E-state index in [1.54, 1.807) is 0 Å². The summed E-state index contributed by atoms with van der Waals surface area (Å²) in [6.07, 6.45) is 3.35. The minimum Gasteiger partial charge on any atom is -0.353 e. The van der Waals surface area contributed by atoms with Crippen LogP contribution in [0.5, 0.6) is 0 Å². The molecular formula is C11H21N3O2S. The van der Waals surface area contributed by atoms with Crippen molar-refractivity contribution in [2.75, 3.05) is 39.5 Å². The third-order valence-corrected chi connectivity index (χ3v) is 2.10. The second-order valence-electron chi connectivity index (χ2n) is 3.80. The smallest absolute Gasteiger partial charge is 0.244 e. The fourth-order valence-corrected chi connectivity index (χ4v) is 1.17. The zero-order valence-electron chi connectivity index (χ0n) is 10.4. The normalized spacial score (nSPS) is 10.8. The number of hydrogen-bond donors (Lipinski definition) is 3. The lowest BCUT2D eigenvalue weighted by Gasteiger charge is -2.08. The summed E-state index contributed by atoms with van der Waals surface area (Å²) in [7, 11) is 3.96. The van der Waals surface area contributed by atoms with E-state index in [0.29, 0.717) is 18.8 Å². The lowest BCUT2D eigenvalue weighted by molar-refractivity contribution is -0.118. The summed E-state index contributed by atoms with van der Waals surface area (Å²) < 4.78 is 0. The lowest BCUT2D eigenvalue weighted by atomic mass is 10.4. The van der Waals surface area contributed by atoms with Gasteiger partial charge in [0.2, 0.25) is 11.8 Å². The minimum absolute atomic E-state index is 0.246. The van der Waals surface area contributed by atoms with E-state index < -0.39 is 0 Å². The van der Waals surface area contributed by atoms with E-state index in [4.69, 9.17) is 0 Å². The van der Waals surface area contributed by atoms with Crippen LogP contribution < -0.4 is 10.6 Å². The van der Waals surface area contributed by atoms with Crippen molar-refractivity contribution in [1.82, 2.24) is 15.5 Å². The monoisotopic (exact) mass is 259 g/mol. The van der Waals surface area contributed by atoms with Gasteiger partial charge in [0, 0.05) is 31.0 Å². The van der Waals surface area contributed by atoms with Crippen LogP contribution in [-0.4, -0.2) is 56.2 Å². The Morgan fingerprint density at radius 1 is 1.12 bits per heavy atom. The van der Waals surface area contributed by atoms with Crippen LogP contribution in [0, 0.1) is 0 Å². The molecule has 0 spiro atoms. The van der Waals surface area contributed by atoms with Crippen molar-refractivity contribution in [2.24, 2.45) is 0 Å². The standard InChI is InChI=1S/C11H21N3O2S/c1-14(2)8-3-6-12-10(15)4-5-11(16)13-7-9-17/h4-5,17H,3,6-9H2,1-2H3,(H,12,15)(H,13,16)/b5-4+. The highest BCUT2D eigenvalue weighted by atomic mass is 32.1. The topological polar surface area (TPSA) is 61.4 Å². The largest absolute Gasteiger partial charge is 0.353 e. The molecular weight excluding hydrogens is 238 g/mol. The van der Waals surface area contributed by atoms with Crippen LogP contribution in [0.25, 0.3) is 0 Å². The first-order valence-corrected chi connectivity index (χ1v) is 6.19. The molecule has 0 heterocycles. The van der Waals surface area contributed by atoms with Gasteiger partial charge in [0.1, 0.15) is 0 Å². The average Bonchev–Trinajstić information content (AvgIpc) is 2.29. The molecule has 17 heavy (non-hydrogen) atoms. The molecule has 0 atom stereocenters. The number of nitrogens with zero attached hydrogens (tertiary/aromatic N) is 1. The molecule has 0 aliphatic carbocycles. The van der Waals surface area contributed by atoms with Gasteiger partial charge in [-0.2, -0.15) is 12.6 Å². The van der Waals surface area contributed by atoms with Crippen LogP contribution in [-0.2, 0) is 9.59 Å². The minimum atomic E-state index is -0.275. The van der Waals surface area contributed by atoms with E-state index in [0.717, 1.165) is 13.0 Å². The SMILES string of the molecule is CN(C)CCCNC(=O)/C=C/C(=O)NCCS. The quantitative estimate of drug-likeness (QED) is 0.317. The Morgan fingerprint density at radius 3 is 2.12 bits per heavy atom. The van der Waals surface area contributed by atoms with Gasteiger partial charge >= 0.3 is 0 Å². The molecule has 0 saturated carbocycles. The zero-order chi connectivity index (χ0) is 13.1. The first-order valence-electron chi connectivity index (χ1n) is 5.55. The molecule has 0 unspecified atom stereocenters. The van der Waals surface area contributed by atoms with Crippen LogP contribution >= 0.6 is 12.6 Å². The van der Waals surface area contributed by atoms with Gasteiger partial charge in [-0.3, -0.25) is 9.59 Å². The van der Waals surface area contributed by atoms with Crippen molar-refractivity contribution in [2.45, 2.75) is 6.42 Å². The fraction of sp³-hybridized carbons (Fsp3) is 0.636. The molecule has 0 aromatic rings. The first-order chi connectivity index (χ1) is 8.06. The van der Waals surface area contributed by atoms with E-state index in [-0.39, 0.29) is 11.8 Å². The third-order valence-electron chi connectivity index (χ3n) is 1.88. The van der Waals surface area contributed by atoms with Crippen molar-refractivity contribution >= 4 is 24.4 Å². The van der Waals surface area contributed by atoms with E-state index >= 15 is 0 Å². The summed E-state index contributed by atoms with van der Waals surface area (Å²) in [5, 5.41) is 5.28. The molecule has 0 bridgehead atoms. The Labute approximate surface area is 108 Å². The molecule has 98 valence electrons. The molecule has 2 N–H and O–H groups in total. The molecule has 0 rings (SSSR count). The highest BCUT2D eigenvalue weighted by Crippen LogP contribution is 1.82.